The van der Waals surface area contributed by atoms with Crippen molar-refractivity contribution in [3.05, 3.63) is 48.5 Å². The molecule has 4 rings (SSSR count). The average molecular weight is 399 g/mol. The fourth-order valence-electron chi connectivity index (χ4n) is 4.04. The van der Waals surface area contributed by atoms with Crippen LogP contribution in [0.2, 0.25) is 0 Å². The lowest BCUT2D eigenvalue weighted by atomic mass is 9.81. The van der Waals surface area contributed by atoms with Crippen LogP contribution in [0.5, 0.6) is 0 Å². The molecule has 1 spiro atoms. The highest BCUT2D eigenvalue weighted by Gasteiger charge is 2.31. The number of rotatable bonds is 0. The van der Waals surface area contributed by atoms with Crippen LogP contribution in [0.1, 0.15) is 38.5 Å². The van der Waals surface area contributed by atoms with Crippen molar-refractivity contribution in [2.45, 2.75) is 48.3 Å². The minimum absolute atomic E-state index is 0.470. The summed E-state index contributed by atoms with van der Waals surface area (Å²) in [6.45, 7) is 2.14. The minimum atomic E-state index is 0.470. The van der Waals surface area contributed by atoms with Gasteiger partial charge in [-0.2, -0.15) is 0 Å². The molecule has 2 nitrogen and oxygen atoms in total. The lowest BCUT2D eigenvalue weighted by molar-refractivity contribution is 0.303. The maximum absolute atomic E-state index is 3.61. The highest BCUT2D eigenvalue weighted by molar-refractivity contribution is 8.00. The quantitative estimate of drug-likeness (QED) is 0.512. The summed E-state index contributed by atoms with van der Waals surface area (Å²) < 4.78 is 0. The molecule has 2 aromatic carbocycles. The normalized spacial score (nSPS) is 20.4. The SMILES string of the molecule is c1cc2cc(c1)NCCCCC1(CCCCN2)CSc2cccc(c2)SC1. The summed E-state index contributed by atoms with van der Waals surface area (Å²) in [5, 5.41) is 7.21. The molecule has 4 bridgehead atoms. The Morgan fingerprint density at radius 2 is 1.22 bits per heavy atom. The van der Waals surface area contributed by atoms with Crippen molar-refractivity contribution in [3.63, 3.8) is 0 Å². The predicted molar refractivity (Wildman–Crippen MR) is 121 cm³/mol. The van der Waals surface area contributed by atoms with Gasteiger partial charge >= 0.3 is 0 Å². The van der Waals surface area contributed by atoms with E-state index >= 15 is 0 Å². The predicted octanol–water partition coefficient (Wildman–Crippen LogP) is 6.75. The third kappa shape index (κ3) is 5.39. The topological polar surface area (TPSA) is 24.1 Å². The molecule has 0 unspecified atom stereocenters. The number of nitrogens with one attached hydrogen (secondary N) is 2. The first-order valence-electron chi connectivity index (χ1n) is 10.2. The van der Waals surface area contributed by atoms with Gasteiger partial charge in [0, 0.05) is 45.8 Å². The zero-order chi connectivity index (χ0) is 18.4. The smallest absolute Gasteiger partial charge is 0.0360 e. The van der Waals surface area contributed by atoms with Crippen LogP contribution >= 0.6 is 23.5 Å². The summed E-state index contributed by atoms with van der Waals surface area (Å²) in [6.07, 6.45) is 7.85. The van der Waals surface area contributed by atoms with Crippen LogP contribution in [0, 0.1) is 5.41 Å². The molecule has 0 saturated heterocycles. The molecule has 2 aliphatic heterocycles. The molecule has 4 heteroatoms. The maximum atomic E-state index is 3.61. The van der Waals surface area contributed by atoms with Crippen LogP contribution in [0.25, 0.3) is 0 Å². The van der Waals surface area contributed by atoms with Gasteiger partial charge < -0.3 is 10.6 Å². The minimum Gasteiger partial charge on any atom is -0.385 e. The molecule has 2 aliphatic rings. The van der Waals surface area contributed by atoms with E-state index in [1.165, 1.54) is 71.2 Å². The molecule has 0 radical (unpaired) electrons. The number of benzene rings is 2. The van der Waals surface area contributed by atoms with Gasteiger partial charge in [0.2, 0.25) is 0 Å². The Morgan fingerprint density at radius 3 is 1.81 bits per heavy atom. The van der Waals surface area contributed by atoms with E-state index in [-0.39, 0.29) is 0 Å². The van der Waals surface area contributed by atoms with Gasteiger partial charge in [-0.25, -0.2) is 0 Å². The molecule has 27 heavy (non-hydrogen) atoms. The zero-order valence-electron chi connectivity index (χ0n) is 16.0. The largest absolute Gasteiger partial charge is 0.385 e. The summed E-state index contributed by atoms with van der Waals surface area (Å²) in [5.41, 5.74) is 2.95. The standard InChI is InChI=1S/C23H30N2S2/c1-3-13-24-19-7-5-8-20(15-19)25-14-4-2-12-23(11-1)17-26-21-9-6-10-22(16-21)27-18-23/h5-10,15-16,24-25H,1-4,11-14,17-18H2. The number of hydrogen-bond acceptors (Lipinski definition) is 4. The molecule has 0 fully saturated rings. The van der Waals surface area contributed by atoms with E-state index in [9.17, 15) is 0 Å². The van der Waals surface area contributed by atoms with Crippen LogP contribution < -0.4 is 10.6 Å². The maximum Gasteiger partial charge on any atom is 0.0360 e. The fraction of sp³-hybridized carbons (Fsp3) is 0.478. The Kier molecular flexibility index (Phi) is 6.56. The molecule has 2 aromatic rings. The van der Waals surface area contributed by atoms with Gasteiger partial charge in [-0.05, 0) is 67.5 Å². The number of fused-ring (bicyclic) bond motifs is 4. The van der Waals surface area contributed by atoms with Crippen molar-refractivity contribution in [2.24, 2.45) is 5.41 Å². The Bertz CT molecular complexity index is 692. The van der Waals surface area contributed by atoms with Gasteiger partial charge in [0.25, 0.3) is 0 Å². The highest BCUT2D eigenvalue weighted by Crippen LogP contribution is 2.44. The Morgan fingerprint density at radius 1 is 0.667 bits per heavy atom. The van der Waals surface area contributed by atoms with Crippen molar-refractivity contribution in [3.8, 4) is 0 Å². The Hall–Kier alpha value is -1.26. The second kappa shape index (κ2) is 9.29. The van der Waals surface area contributed by atoms with E-state index in [2.05, 4.69) is 82.7 Å². The van der Waals surface area contributed by atoms with Crippen molar-refractivity contribution >= 4 is 34.9 Å². The number of anilines is 2. The highest BCUT2D eigenvalue weighted by atomic mass is 32.2. The van der Waals surface area contributed by atoms with Gasteiger partial charge in [-0.3, -0.25) is 0 Å². The monoisotopic (exact) mass is 398 g/mol. The second-order valence-electron chi connectivity index (χ2n) is 7.90. The first-order chi connectivity index (χ1) is 13.3. The third-order valence-electron chi connectivity index (χ3n) is 5.68. The van der Waals surface area contributed by atoms with Gasteiger partial charge in [-0.1, -0.05) is 25.0 Å². The lowest BCUT2D eigenvalue weighted by Crippen LogP contribution is -2.28. The van der Waals surface area contributed by atoms with Gasteiger partial charge in [0.1, 0.15) is 0 Å². The molecule has 0 atom stereocenters. The van der Waals surface area contributed by atoms with E-state index in [1.807, 2.05) is 0 Å². The average Bonchev–Trinajstić information content (AvgIpc) is 2.69. The van der Waals surface area contributed by atoms with Crippen molar-refractivity contribution in [1.29, 1.82) is 0 Å². The van der Waals surface area contributed by atoms with Gasteiger partial charge in [0.15, 0.2) is 0 Å². The summed E-state index contributed by atoms with van der Waals surface area (Å²) in [4.78, 5) is 2.89. The Labute approximate surface area is 172 Å². The van der Waals surface area contributed by atoms with E-state index in [4.69, 9.17) is 0 Å². The number of thioether (sulfide) groups is 2. The van der Waals surface area contributed by atoms with E-state index < -0.39 is 0 Å². The molecular formula is C23H30N2S2. The third-order valence-corrected chi connectivity index (χ3v) is 8.37. The van der Waals surface area contributed by atoms with Crippen molar-refractivity contribution in [2.75, 3.05) is 35.2 Å². The van der Waals surface area contributed by atoms with E-state index in [0.717, 1.165) is 13.1 Å². The van der Waals surface area contributed by atoms with Crippen LogP contribution in [-0.2, 0) is 0 Å². The van der Waals surface area contributed by atoms with Gasteiger partial charge in [0.05, 0.1) is 0 Å². The molecule has 2 N–H and O–H groups in total. The van der Waals surface area contributed by atoms with Crippen LogP contribution in [-0.4, -0.2) is 24.6 Å². The zero-order valence-corrected chi connectivity index (χ0v) is 17.6. The molecular weight excluding hydrogens is 368 g/mol. The fourth-order valence-corrected chi connectivity index (χ4v) is 6.74. The summed E-state index contributed by atoms with van der Waals surface area (Å²) >= 11 is 4.16. The first-order valence-corrected chi connectivity index (χ1v) is 12.2. The molecule has 0 saturated carbocycles. The second-order valence-corrected chi connectivity index (χ2v) is 10.00. The lowest BCUT2D eigenvalue weighted by Gasteiger charge is -2.35. The first kappa shape index (κ1) is 19.1. The van der Waals surface area contributed by atoms with Crippen molar-refractivity contribution < 1.29 is 0 Å². The molecule has 144 valence electrons. The molecule has 0 amide bonds. The number of hydrogen-bond donors (Lipinski definition) is 2. The van der Waals surface area contributed by atoms with Crippen LogP contribution in [0.15, 0.2) is 58.3 Å². The molecule has 0 aliphatic carbocycles. The van der Waals surface area contributed by atoms with Crippen LogP contribution in [0.4, 0.5) is 11.4 Å². The Balaban J connectivity index is 1.43. The summed E-state index contributed by atoms with van der Waals surface area (Å²) in [6, 6.07) is 17.9. The summed E-state index contributed by atoms with van der Waals surface area (Å²) in [7, 11) is 0. The van der Waals surface area contributed by atoms with Crippen molar-refractivity contribution in [1.82, 2.24) is 0 Å². The molecule has 2 heterocycles. The van der Waals surface area contributed by atoms with E-state index in [0.29, 0.717) is 5.41 Å². The van der Waals surface area contributed by atoms with Crippen LogP contribution in [0.3, 0.4) is 0 Å². The van der Waals surface area contributed by atoms with Gasteiger partial charge in [-0.15, -0.1) is 23.5 Å². The van der Waals surface area contributed by atoms with E-state index in [1.54, 1.807) is 0 Å². The molecule has 0 aromatic heterocycles. The summed E-state index contributed by atoms with van der Waals surface area (Å²) in [5.74, 6) is 2.53.